The molecular weight excluding hydrogens is 435 g/mol. The molecule has 2 fully saturated rings. The van der Waals surface area contributed by atoms with Crippen LogP contribution >= 0.6 is 11.6 Å². The second-order valence-corrected chi connectivity index (χ2v) is 8.62. The van der Waals surface area contributed by atoms with Crippen molar-refractivity contribution in [2.24, 2.45) is 0 Å². The number of aliphatic hydroxyl groups excluding tert-OH is 1. The molecule has 7 nitrogen and oxygen atoms in total. The fourth-order valence-corrected chi connectivity index (χ4v) is 4.92. The van der Waals surface area contributed by atoms with E-state index in [4.69, 9.17) is 21.1 Å². The third-order valence-corrected chi connectivity index (χ3v) is 6.55. The molecule has 32 heavy (non-hydrogen) atoms. The molecule has 0 aliphatic carbocycles. The van der Waals surface area contributed by atoms with Crippen LogP contribution in [0.25, 0.3) is 10.9 Å². The van der Waals surface area contributed by atoms with Gasteiger partial charge in [0.15, 0.2) is 0 Å². The number of methoxy groups -OCH3 is 1. The molecule has 0 radical (unpaired) electrons. The van der Waals surface area contributed by atoms with E-state index in [9.17, 15) is 9.50 Å². The molecule has 5 rings (SSSR count). The standard InChI is InChI=1S/C23H24ClFN4O3/c1-31-21-9-20-17(23(27-12-26-20)28-14-2-5-19(25)18(24)8-14)6-13(21)7-22(30)29-15-3-4-16(29)11-32-10-15/h2,5-6,8-9,12,15-16,22,30H,3-4,7,10-11H2,1H3,(H,26,27,28). The number of nitrogens with one attached hydrogen (secondary N) is 1. The summed E-state index contributed by atoms with van der Waals surface area (Å²) >= 11 is 5.92. The molecule has 2 saturated heterocycles. The second kappa shape index (κ2) is 8.78. The molecule has 168 valence electrons. The van der Waals surface area contributed by atoms with Crippen molar-refractivity contribution in [3.63, 3.8) is 0 Å². The van der Waals surface area contributed by atoms with E-state index < -0.39 is 12.0 Å². The van der Waals surface area contributed by atoms with E-state index in [1.807, 2.05) is 12.1 Å². The highest BCUT2D eigenvalue weighted by Crippen LogP contribution is 2.34. The zero-order chi connectivity index (χ0) is 22.2. The van der Waals surface area contributed by atoms with Gasteiger partial charge < -0.3 is 19.9 Å². The van der Waals surface area contributed by atoms with Crippen LogP contribution in [0.1, 0.15) is 18.4 Å². The summed E-state index contributed by atoms with van der Waals surface area (Å²) in [6, 6.07) is 8.68. The number of fused-ring (bicyclic) bond motifs is 3. The van der Waals surface area contributed by atoms with Gasteiger partial charge >= 0.3 is 0 Å². The van der Waals surface area contributed by atoms with Crippen molar-refractivity contribution in [1.82, 2.24) is 14.9 Å². The molecule has 3 unspecified atom stereocenters. The number of hydrogen-bond acceptors (Lipinski definition) is 7. The van der Waals surface area contributed by atoms with Crippen LogP contribution in [0, 0.1) is 5.82 Å². The minimum atomic E-state index is -0.639. The Morgan fingerprint density at radius 1 is 1.25 bits per heavy atom. The first kappa shape index (κ1) is 21.3. The first-order chi connectivity index (χ1) is 15.5. The monoisotopic (exact) mass is 458 g/mol. The molecule has 3 aromatic rings. The lowest BCUT2D eigenvalue weighted by Crippen LogP contribution is -2.51. The maximum absolute atomic E-state index is 13.5. The smallest absolute Gasteiger partial charge is 0.141 e. The van der Waals surface area contributed by atoms with Gasteiger partial charge in [-0.05, 0) is 42.7 Å². The number of nitrogens with zero attached hydrogens (tertiary/aromatic N) is 3. The van der Waals surface area contributed by atoms with Crippen molar-refractivity contribution in [1.29, 1.82) is 0 Å². The maximum atomic E-state index is 13.5. The number of ether oxygens (including phenoxy) is 2. The molecule has 0 spiro atoms. The molecular formula is C23H24ClFN4O3. The zero-order valence-electron chi connectivity index (χ0n) is 17.6. The van der Waals surface area contributed by atoms with E-state index in [2.05, 4.69) is 20.2 Å². The van der Waals surface area contributed by atoms with Crippen LogP contribution in [0.4, 0.5) is 15.9 Å². The molecule has 3 atom stereocenters. The summed E-state index contributed by atoms with van der Waals surface area (Å²) in [5.41, 5.74) is 2.16. The van der Waals surface area contributed by atoms with Gasteiger partial charge in [0.1, 0.15) is 29.9 Å². The summed E-state index contributed by atoms with van der Waals surface area (Å²) in [6.07, 6.45) is 3.30. The Hall–Kier alpha value is -2.52. The van der Waals surface area contributed by atoms with Crippen LogP contribution in [0.2, 0.25) is 5.02 Å². The number of halogens is 2. The van der Waals surface area contributed by atoms with Gasteiger partial charge in [0.25, 0.3) is 0 Å². The molecule has 3 heterocycles. The van der Waals surface area contributed by atoms with Gasteiger partial charge in [0.2, 0.25) is 0 Å². The van der Waals surface area contributed by atoms with Crippen molar-refractivity contribution in [3.05, 3.63) is 53.1 Å². The van der Waals surface area contributed by atoms with Gasteiger partial charge in [-0.15, -0.1) is 0 Å². The molecule has 2 N–H and O–H groups in total. The SMILES string of the molecule is COc1cc2ncnc(Nc3ccc(F)c(Cl)c3)c2cc1CC(O)N1C2CCC1COC2. The van der Waals surface area contributed by atoms with E-state index >= 15 is 0 Å². The Morgan fingerprint density at radius 3 is 2.75 bits per heavy atom. The summed E-state index contributed by atoms with van der Waals surface area (Å²) in [7, 11) is 1.61. The van der Waals surface area contributed by atoms with E-state index in [1.54, 1.807) is 13.2 Å². The largest absolute Gasteiger partial charge is 0.496 e. The molecule has 2 aromatic carbocycles. The van der Waals surface area contributed by atoms with Gasteiger partial charge in [-0.2, -0.15) is 0 Å². The van der Waals surface area contributed by atoms with Crippen molar-refractivity contribution < 1.29 is 19.0 Å². The second-order valence-electron chi connectivity index (χ2n) is 8.21. The summed E-state index contributed by atoms with van der Waals surface area (Å²) in [4.78, 5) is 10.9. The highest BCUT2D eigenvalue weighted by Gasteiger charge is 2.41. The summed E-state index contributed by atoms with van der Waals surface area (Å²) < 4.78 is 24.8. The molecule has 0 amide bonds. The lowest BCUT2D eigenvalue weighted by Gasteiger charge is -2.38. The molecule has 2 aliphatic rings. The number of aliphatic hydroxyl groups is 1. The predicted molar refractivity (Wildman–Crippen MR) is 120 cm³/mol. The molecule has 1 aromatic heterocycles. The highest BCUT2D eigenvalue weighted by atomic mass is 35.5. The van der Waals surface area contributed by atoms with Crippen LogP contribution in [-0.4, -0.2) is 58.6 Å². The minimum absolute atomic E-state index is 0.0268. The average molecular weight is 459 g/mol. The lowest BCUT2D eigenvalue weighted by molar-refractivity contribution is -0.100. The Labute approximate surface area is 190 Å². The van der Waals surface area contributed by atoms with E-state index in [1.165, 1.54) is 18.5 Å². The molecule has 2 aliphatic heterocycles. The molecule has 2 bridgehead atoms. The number of anilines is 2. The predicted octanol–water partition coefficient (Wildman–Crippen LogP) is 3.90. The Balaban J connectivity index is 1.47. The number of aromatic nitrogens is 2. The van der Waals surface area contributed by atoms with E-state index in [0.29, 0.717) is 42.4 Å². The number of rotatable bonds is 6. The van der Waals surface area contributed by atoms with E-state index in [-0.39, 0.29) is 17.1 Å². The third-order valence-electron chi connectivity index (χ3n) is 6.26. The summed E-state index contributed by atoms with van der Waals surface area (Å²) in [5.74, 6) is 0.733. The molecule has 0 saturated carbocycles. The fourth-order valence-electron chi connectivity index (χ4n) is 4.74. The van der Waals surface area contributed by atoms with E-state index in [0.717, 1.165) is 23.8 Å². The normalized spacial score (nSPS) is 21.6. The Bertz CT molecular complexity index is 1130. The maximum Gasteiger partial charge on any atom is 0.141 e. The lowest BCUT2D eigenvalue weighted by atomic mass is 10.0. The van der Waals surface area contributed by atoms with Gasteiger partial charge in [-0.1, -0.05) is 11.6 Å². The van der Waals surface area contributed by atoms with Crippen LogP contribution < -0.4 is 10.1 Å². The van der Waals surface area contributed by atoms with Crippen LogP contribution in [0.15, 0.2) is 36.7 Å². The van der Waals surface area contributed by atoms with Crippen molar-refractivity contribution in [2.45, 2.75) is 37.6 Å². The van der Waals surface area contributed by atoms with Gasteiger partial charge in [-0.25, -0.2) is 14.4 Å². The summed E-state index contributed by atoms with van der Waals surface area (Å²) in [6.45, 7) is 1.31. The van der Waals surface area contributed by atoms with Crippen molar-refractivity contribution in [3.8, 4) is 5.75 Å². The van der Waals surface area contributed by atoms with Crippen LogP contribution in [0.5, 0.6) is 5.75 Å². The Morgan fingerprint density at radius 2 is 2.03 bits per heavy atom. The summed E-state index contributed by atoms with van der Waals surface area (Å²) in [5, 5.41) is 15.1. The van der Waals surface area contributed by atoms with Crippen molar-refractivity contribution in [2.75, 3.05) is 25.6 Å². The number of hydrogen-bond donors (Lipinski definition) is 2. The van der Waals surface area contributed by atoms with Gasteiger partial charge in [0, 0.05) is 35.6 Å². The number of benzene rings is 2. The highest BCUT2D eigenvalue weighted by molar-refractivity contribution is 6.31. The zero-order valence-corrected chi connectivity index (χ0v) is 18.3. The molecule has 9 heteroatoms. The quantitative estimate of drug-likeness (QED) is 0.580. The average Bonchev–Trinajstić information content (AvgIpc) is 3.05. The first-order valence-corrected chi connectivity index (χ1v) is 11.0. The Kier molecular flexibility index (Phi) is 5.86. The number of morpholine rings is 1. The topological polar surface area (TPSA) is 79.7 Å². The minimum Gasteiger partial charge on any atom is -0.496 e. The first-order valence-electron chi connectivity index (χ1n) is 10.6. The fraction of sp³-hybridized carbons (Fsp3) is 0.391. The third kappa shape index (κ3) is 3.99. The van der Waals surface area contributed by atoms with Crippen LogP contribution in [-0.2, 0) is 11.2 Å². The van der Waals surface area contributed by atoms with Crippen molar-refractivity contribution >= 4 is 34.0 Å². The van der Waals surface area contributed by atoms with Gasteiger partial charge in [-0.3, -0.25) is 4.90 Å². The van der Waals surface area contributed by atoms with Gasteiger partial charge in [0.05, 0.1) is 30.9 Å². The van der Waals surface area contributed by atoms with Crippen LogP contribution in [0.3, 0.4) is 0 Å².